The Morgan fingerprint density at radius 3 is 2.89 bits per heavy atom. The maximum absolute atomic E-state index is 12.1. The van der Waals surface area contributed by atoms with E-state index < -0.39 is 11.5 Å². The van der Waals surface area contributed by atoms with Gasteiger partial charge in [0.05, 0.1) is 0 Å². The van der Waals surface area contributed by atoms with Gasteiger partial charge in [0, 0.05) is 34.0 Å². The van der Waals surface area contributed by atoms with Gasteiger partial charge in [-0.25, -0.2) is 0 Å². The van der Waals surface area contributed by atoms with E-state index in [9.17, 15) is 9.90 Å². The second kappa shape index (κ2) is 4.43. The number of nitrogens with one attached hydrogen (secondary N) is 1. The first-order valence-electron chi connectivity index (χ1n) is 5.83. The van der Waals surface area contributed by atoms with Crippen molar-refractivity contribution in [3.63, 3.8) is 0 Å². The number of benzene rings is 1. The third kappa shape index (κ3) is 2.05. The molecule has 4 nitrogen and oxygen atoms in total. The van der Waals surface area contributed by atoms with Crippen molar-refractivity contribution < 1.29 is 9.90 Å². The molecule has 5 heteroatoms. The van der Waals surface area contributed by atoms with Crippen LogP contribution in [0.1, 0.15) is 11.3 Å². The van der Waals surface area contributed by atoms with E-state index in [1.807, 2.05) is 12.1 Å². The number of pyridine rings is 1. The average molecular weight is 319 g/mol. The van der Waals surface area contributed by atoms with Crippen LogP contribution in [0.2, 0.25) is 0 Å². The fourth-order valence-electron chi connectivity index (χ4n) is 2.26. The van der Waals surface area contributed by atoms with Crippen molar-refractivity contribution in [2.75, 3.05) is 5.32 Å². The van der Waals surface area contributed by atoms with Crippen LogP contribution in [0.3, 0.4) is 0 Å². The number of hydrogen-bond acceptors (Lipinski definition) is 3. The summed E-state index contributed by atoms with van der Waals surface area (Å²) in [6.07, 6.45) is 1.80. The average Bonchev–Trinajstić information content (AvgIpc) is 2.64. The lowest BCUT2D eigenvalue weighted by atomic mass is 9.90. The zero-order valence-corrected chi connectivity index (χ0v) is 11.5. The zero-order valence-electron chi connectivity index (χ0n) is 9.93. The van der Waals surface area contributed by atoms with E-state index in [1.54, 1.807) is 30.5 Å². The Balaban J connectivity index is 2.04. The number of anilines is 1. The van der Waals surface area contributed by atoms with Crippen molar-refractivity contribution in [2.24, 2.45) is 0 Å². The van der Waals surface area contributed by atoms with Gasteiger partial charge < -0.3 is 10.4 Å². The van der Waals surface area contributed by atoms with Crippen LogP contribution in [0.4, 0.5) is 5.69 Å². The molecular formula is C14H11BrN2O2. The maximum Gasteiger partial charge on any atom is 0.261 e. The van der Waals surface area contributed by atoms with Crippen LogP contribution in [0, 0.1) is 0 Å². The summed E-state index contributed by atoms with van der Waals surface area (Å²) >= 11 is 3.36. The zero-order chi connectivity index (χ0) is 13.5. The molecule has 0 radical (unpaired) electrons. The Labute approximate surface area is 118 Å². The Hall–Kier alpha value is -1.72. The molecule has 1 atom stereocenters. The minimum absolute atomic E-state index is 0.156. The molecule has 1 aromatic carbocycles. The van der Waals surface area contributed by atoms with Crippen molar-refractivity contribution in [2.45, 2.75) is 12.0 Å². The standard InChI is InChI=1S/C14H11BrN2O2/c15-9-4-5-12-11(7-9)14(19,13(18)17-12)8-10-3-1-2-6-16-10/h1-7,19H,8H2,(H,17,18)/t14-/m1/s1. The topological polar surface area (TPSA) is 62.2 Å². The lowest BCUT2D eigenvalue weighted by Crippen LogP contribution is -2.36. The molecule has 2 heterocycles. The number of nitrogens with zero attached hydrogens (tertiary/aromatic N) is 1. The van der Waals surface area contributed by atoms with Crippen LogP contribution in [-0.4, -0.2) is 16.0 Å². The van der Waals surface area contributed by atoms with E-state index in [0.29, 0.717) is 16.9 Å². The van der Waals surface area contributed by atoms with Crippen molar-refractivity contribution in [3.05, 3.63) is 58.3 Å². The molecule has 0 saturated heterocycles. The largest absolute Gasteiger partial charge is 0.375 e. The third-order valence-corrected chi connectivity index (χ3v) is 3.71. The highest BCUT2D eigenvalue weighted by atomic mass is 79.9. The molecule has 0 saturated carbocycles. The quantitative estimate of drug-likeness (QED) is 0.892. The molecule has 0 bridgehead atoms. The third-order valence-electron chi connectivity index (χ3n) is 3.21. The lowest BCUT2D eigenvalue weighted by Gasteiger charge is -2.20. The maximum atomic E-state index is 12.1. The van der Waals surface area contributed by atoms with Crippen LogP contribution in [0.5, 0.6) is 0 Å². The number of carbonyl (C=O) groups excluding carboxylic acids is 1. The van der Waals surface area contributed by atoms with E-state index in [1.165, 1.54) is 0 Å². The van der Waals surface area contributed by atoms with Gasteiger partial charge in [0.2, 0.25) is 0 Å². The van der Waals surface area contributed by atoms with Gasteiger partial charge in [-0.15, -0.1) is 0 Å². The van der Waals surface area contributed by atoms with Crippen LogP contribution >= 0.6 is 15.9 Å². The number of halogens is 1. The Kier molecular flexibility index (Phi) is 2.88. The highest BCUT2D eigenvalue weighted by molar-refractivity contribution is 9.10. The number of carbonyl (C=O) groups is 1. The van der Waals surface area contributed by atoms with Gasteiger partial charge >= 0.3 is 0 Å². The van der Waals surface area contributed by atoms with Crippen LogP contribution in [-0.2, 0) is 16.8 Å². The predicted molar refractivity (Wildman–Crippen MR) is 74.6 cm³/mol. The summed E-state index contributed by atoms with van der Waals surface area (Å²) in [5.41, 5.74) is 0.338. The summed E-state index contributed by atoms with van der Waals surface area (Å²) in [6, 6.07) is 10.8. The molecule has 1 aliphatic rings. The second-order valence-electron chi connectivity index (χ2n) is 4.50. The van der Waals surface area contributed by atoms with Crippen molar-refractivity contribution in [1.82, 2.24) is 4.98 Å². The molecule has 2 N–H and O–H groups in total. The molecule has 1 aliphatic heterocycles. The number of amides is 1. The first kappa shape index (κ1) is 12.3. The van der Waals surface area contributed by atoms with E-state index >= 15 is 0 Å². The summed E-state index contributed by atoms with van der Waals surface area (Å²) in [5.74, 6) is -0.411. The first-order chi connectivity index (χ1) is 9.09. The number of aromatic nitrogens is 1. The highest BCUT2D eigenvalue weighted by Crippen LogP contribution is 2.39. The first-order valence-corrected chi connectivity index (χ1v) is 6.63. The van der Waals surface area contributed by atoms with E-state index in [0.717, 1.165) is 4.47 Å². The summed E-state index contributed by atoms with van der Waals surface area (Å²) in [7, 11) is 0. The van der Waals surface area contributed by atoms with Gasteiger partial charge in [0.1, 0.15) is 0 Å². The van der Waals surface area contributed by atoms with Gasteiger partial charge in [0.25, 0.3) is 5.91 Å². The summed E-state index contributed by atoms with van der Waals surface area (Å²) in [6.45, 7) is 0. The monoisotopic (exact) mass is 318 g/mol. The molecule has 0 aliphatic carbocycles. The molecule has 19 heavy (non-hydrogen) atoms. The summed E-state index contributed by atoms with van der Waals surface area (Å²) < 4.78 is 0.821. The predicted octanol–water partition coefficient (Wildman–Crippen LogP) is 2.23. The van der Waals surface area contributed by atoms with Crippen LogP contribution in [0.15, 0.2) is 47.1 Å². The van der Waals surface area contributed by atoms with Crippen molar-refractivity contribution >= 4 is 27.5 Å². The fraction of sp³-hybridized carbons (Fsp3) is 0.143. The highest BCUT2D eigenvalue weighted by Gasteiger charge is 2.45. The van der Waals surface area contributed by atoms with E-state index in [4.69, 9.17) is 0 Å². The van der Waals surface area contributed by atoms with Gasteiger partial charge in [-0.2, -0.15) is 0 Å². The Bertz CT molecular complexity index is 645. The molecule has 0 unspecified atom stereocenters. The molecule has 1 amide bonds. The number of fused-ring (bicyclic) bond motifs is 1. The van der Waals surface area contributed by atoms with Crippen molar-refractivity contribution in [1.29, 1.82) is 0 Å². The minimum Gasteiger partial charge on any atom is -0.375 e. The molecule has 2 aromatic rings. The van der Waals surface area contributed by atoms with Crippen LogP contribution < -0.4 is 5.32 Å². The van der Waals surface area contributed by atoms with Crippen LogP contribution in [0.25, 0.3) is 0 Å². The SMILES string of the molecule is O=C1Nc2ccc(Br)cc2[C@]1(O)Cc1ccccn1. The van der Waals surface area contributed by atoms with Gasteiger partial charge in [-0.1, -0.05) is 22.0 Å². The second-order valence-corrected chi connectivity index (χ2v) is 5.42. The summed E-state index contributed by atoms with van der Waals surface area (Å²) in [4.78, 5) is 16.2. The molecule has 3 rings (SSSR count). The summed E-state index contributed by atoms with van der Waals surface area (Å²) in [5, 5.41) is 13.4. The van der Waals surface area contributed by atoms with Gasteiger partial charge in [-0.3, -0.25) is 9.78 Å². The smallest absolute Gasteiger partial charge is 0.261 e. The normalized spacial score (nSPS) is 21.1. The van der Waals surface area contributed by atoms with E-state index in [-0.39, 0.29) is 6.42 Å². The Morgan fingerprint density at radius 1 is 1.32 bits per heavy atom. The number of rotatable bonds is 2. The van der Waals surface area contributed by atoms with Crippen molar-refractivity contribution in [3.8, 4) is 0 Å². The fourth-order valence-corrected chi connectivity index (χ4v) is 2.62. The minimum atomic E-state index is -1.56. The molecular weight excluding hydrogens is 308 g/mol. The van der Waals surface area contributed by atoms with E-state index in [2.05, 4.69) is 26.2 Å². The Morgan fingerprint density at radius 2 is 2.16 bits per heavy atom. The molecule has 96 valence electrons. The molecule has 0 fully saturated rings. The van der Waals surface area contributed by atoms with Gasteiger partial charge in [-0.05, 0) is 30.3 Å². The van der Waals surface area contributed by atoms with Gasteiger partial charge in [0.15, 0.2) is 5.60 Å². The number of hydrogen-bond donors (Lipinski definition) is 2. The molecule has 0 spiro atoms. The molecule has 1 aromatic heterocycles. The lowest BCUT2D eigenvalue weighted by molar-refractivity contribution is -0.133. The number of aliphatic hydroxyl groups is 1.